The van der Waals surface area contributed by atoms with Gasteiger partial charge in [-0.25, -0.2) is 0 Å². The van der Waals surface area contributed by atoms with Crippen molar-refractivity contribution >= 4 is 12.4 Å². The number of nitrogens with two attached hydrogens (primary N) is 2. The first-order valence-electron chi connectivity index (χ1n) is 4.32. The Hall–Kier alpha value is 0.210. The fraction of sp³-hybridized carbons (Fsp3) is 1.00. The zero-order chi connectivity index (χ0) is 7.40. The minimum atomic E-state index is 0. The first-order chi connectivity index (χ1) is 4.80. The molecular formula is C8H19ClN2. The maximum Gasteiger partial charge on any atom is 0.0192 e. The van der Waals surface area contributed by atoms with E-state index in [0.717, 1.165) is 12.8 Å². The fourth-order valence-corrected chi connectivity index (χ4v) is 1.54. The third-order valence-electron chi connectivity index (χ3n) is 2.37. The zero-order valence-electron chi connectivity index (χ0n) is 6.96. The van der Waals surface area contributed by atoms with Gasteiger partial charge in [0.15, 0.2) is 0 Å². The Bertz CT molecular complexity index is 86.1. The summed E-state index contributed by atoms with van der Waals surface area (Å²) in [5, 5.41) is 0. The van der Waals surface area contributed by atoms with Crippen LogP contribution in [0.3, 0.4) is 0 Å². The van der Waals surface area contributed by atoms with Gasteiger partial charge in [0.25, 0.3) is 0 Å². The van der Waals surface area contributed by atoms with Crippen molar-refractivity contribution < 1.29 is 0 Å². The van der Waals surface area contributed by atoms with Crippen molar-refractivity contribution in [2.45, 2.75) is 50.6 Å². The molecule has 2 atom stereocenters. The number of hydrogen-bond acceptors (Lipinski definition) is 2. The van der Waals surface area contributed by atoms with Crippen LogP contribution in [0.15, 0.2) is 0 Å². The van der Waals surface area contributed by atoms with Crippen LogP contribution in [0.4, 0.5) is 0 Å². The Balaban J connectivity index is 0.000001000. The van der Waals surface area contributed by atoms with Gasteiger partial charge in [-0.05, 0) is 12.8 Å². The quantitative estimate of drug-likeness (QED) is 0.590. The van der Waals surface area contributed by atoms with Gasteiger partial charge in [0.1, 0.15) is 0 Å². The number of hydrogen-bond donors (Lipinski definition) is 2. The summed E-state index contributed by atoms with van der Waals surface area (Å²) in [5.41, 5.74) is 11.6. The average Bonchev–Trinajstić information content (AvgIpc) is 1.92. The predicted octanol–water partition coefficient (Wildman–Crippen LogP) is 1.42. The Morgan fingerprint density at radius 2 is 1.09 bits per heavy atom. The van der Waals surface area contributed by atoms with Gasteiger partial charge in [0.2, 0.25) is 0 Å². The summed E-state index contributed by atoms with van der Waals surface area (Å²) in [5.74, 6) is 0. The standard InChI is InChI=1S/C8H18N2.ClH/c9-7-5-3-1-2-4-6-8(7)10;/h7-8H,1-6,9-10H2;1H/t7-,8?;/m0./s1. The SMILES string of the molecule is Cl.NC1CCCCCC[C@@H]1N. The minimum absolute atomic E-state index is 0. The van der Waals surface area contributed by atoms with E-state index in [-0.39, 0.29) is 24.5 Å². The lowest BCUT2D eigenvalue weighted by atomic mass is 9.94. The van der Waals surface area contributed by atoms with E-state index in [1.54, 1.807) is 0 Å². The van der Waals surface area contributed by atoms with E-state index in [9.17, 15) is 0 Å². The summed E-state index contributed by atoms with van der Waals surface area (Å²) < 4.78 is 0. The lowest BCUT2D eigenvalue weighted by Gasteiger charge is -2.22. The van der Waals surface area contributed by atoms with Crippen molar-refractivity contribution in [1.29, 1.82) is 0 Å². The molecule has 11 heavy (non-hydrogen) atoms. The molecule has 0 aliphatic heterocycles. The van der Waals surface area contributed by atoms with Crippen LogP contribution in [0, 0.1) is 0 Å². The van der Waals surface area contributed by atoms with E-state index in [0.29, 0.717) is 0 Å². The van der Waals surface area contributed by atoms with Crippen LogP contribution >= 0.6 is 12.4 Å². The highest BCUT2D eigenvalue weighted by molar-refractivity contribution is 5.85. The highest BCUT2D eigenvalue weighted by Crippen LogP contribution is 2.14. The van der Waals surface area contributed by atoms with E-state index in [4.69, 9.17) is 11.5 Å². The van der Waals surface area contributed by atoms with E-state index in [1.807, 2.05) is 0 Å². The molecule has 0 saturated heterocycles. The number of halogens is 1. The molecule has 0 spiro atoms. The summed E-state index contributed by atoms with van der Waals surface area (Å²) in [7, 11) is 0. The smallest absolute Gasteiger partial charge is 0.0192 e. The number of rotatable bonds is 0. The molecule has 4 N–H and O–H groups in total. The van der Waals surface area contributed by atoms with Gasteiger partial charge in [-0.15, -0.1) is 12.4 Å². The second kappa shape index (κ2) is 5.81. The van der Waals surface area contributed by atoms with Crippen molar-refractivity contribution in [3.05, 3.63) is 0 Å². The first-order valence-corrected chi connectivity index (χ1v) is 4.32. The molecule has 0 aromatic heterocycles. The molecule has 0 bridgehead atoms. The Labute approximate surface area is 75.1 Å². The topological polar surface area (TPSA) is 52.0 Å². The maximum absolute atomic E-state index is 5.82. The van der Waals surface area contributed by atoms with Gasteiger partial charge in [0.05, 0.1) is 0 Å². The minimum Gasteiger partial charge on any atom is -0.326 e. The van der Waals surface area contributed by atoms with Crippen molar-refractivity contribution in [2.24, 2.45) is 11.5 Å². The molecule has 1 unspecified atom stereocenters. The predicted molar refractivity (Wildman–Crippen MR) is 50.9 cm³/mol. The lowest BCUT2D eigenvalue weighted by molar-refractivity contribution is 0.403. The normalized spacial score (nSPS) is 33.3. The Morgan fingerprint density at radius 1 is 0.727 bits per heavy atom. The van der Waals surface area contributed by atoms with Gasteiger partial charge >= 0.3 is 0 Å². The summed E-state index contributed by atoms with van der Waals surface area (Å²) >= 11 is 0. The van der Waals surface area contributed by atoms with E-state index >= 15 is 0 Å². The summed E-state index contributed by atoms with van der Waals surface area (Å²) in [6, 6.07) is 0.528. The molecule has 1 aliphatic rings. The monoisotopic (exact) mass is 178 g/mol. The molecule has 1 rings (SSSR count). The van der Waals surface area contributed by atoms with Crippen LogP contribution < -0.4 is 11.5 Å². The van der Waals surface area contributed by atoms with Crippen molar-refractivity contribution in [2.75, 3.05) is 0 Å². The van der Waals surface area contributed by atoms with Crippen LogP contribution in [-0.4, -0.2) is 12.1 Å². The lowest BCUT2D eigenvalue weighted by Crippen LogP contribution is -2.41. The molecule has 1 saturated carbocycles. The molecule has 2 nitrogen and oxygen atoms in total. The van der Waals surface area contributed by atoms with Crippen LogP contribution in [-0.2, 0) is 0 Å². The third-order valence-corrected chi connectivity index (χ3v) is 2.37. The molecule has 1 aliphatic carbocycles. The van der Waals surface area contributed by atoms with Gasteiger partial charge in [-0.3, -0.25) is 0 Å². The van der Waals surface area contributed by atoms with E-state index < -0.39 is 0 Å². The van der Waals surface area contributed by atoms with Crippen molar-refractivity contribution in [1.82, 2.24) is 0 Å². The largest absolute Gasteiger partial charge is 0.326 e. The van der Waals surface area contributed by atoms with Gasteiger partial charge in [0, 0.05) is 12.1 Å². The highest BCUT2D eigenvalue weighted by Gasteiger charge is 2.14. The molecule has 0 aromatic rings. The molecule has 0 heterocycles. The molecule has 0 radical (unpaired) electrons. The van der Waals surface area contributed by atoms with E-state index in [1.165, 1.54) is 25.7 Å². The Kier molecular flexibility index (Phi) is 5.92. The zero-order valence-corrected chi connectivity index (χ0v) is 7.78. The van der Waals surface area contributed by atoms with Crippen LogP contribution in [0.25, 0.3) is 0 Å². The summed E-state index contributed by atoms with van der Waals surface area (Å²) in [6.07, 6.45) is 7.49. The summed E-state index contributed by atoms with van der Waals surface area (Å²) in [4.78, 5) is 0. The second-order valence-electron chi connectivity index (χ2n) is 3.32. The van der Waals surface area contributed by atoms with Crippen molar-refractivity contribution in [3.63, 3.8) is 0 Å². The van der Waals surface area contributed by atoms with Gasteiger partial charge in [-0.1, -0.05) is 25.7 Å². The van der Waals surface area contributed by atoms with Gasteiger partial charge < -0.3 is 11.5 Å². The molecule has 0 aromatic carbocycles. The van der Waals surface area contributed by atoms with Crippen LogP contribution in [0.5, 0.6) is 0 Å². The molecule has 0 amide bonds. The fourth-order valence-electron chi connectivity index (χ4n) is 1.54. The third kappa shape index (κ3) is 3.94. The van der Waals surface area contributed by atoms with E-state index in [2.05, 4.69) is 0 Å². The molecule has 1 fully saturated rings. The summed E-state index contributed by atoms with van der Waals surface area (Å²) in [6.45, 7) is 0. The first kappa shape index (κ1) is 11.2. The molecule has 68 valence electrons. The van der Waals surface area contributed by atoms with Crippen LogP contribution in [0.1, 0.15) is 38.5 Å². The molecular weight excluding hydrogens is 160 g/mol. The van der Waals surface area contributed by atoms with Gasteiger partial charge in [-0.2, -0.15) is 0 Å². The maximum atomic E-state index is 5.82. The molecule has 3 heteroatoms. The highest BCUT2D eigenvalue weighted by atomic mass is 35.5. The second-order valence-corrected chi connectivity index (χ2v) is 3.32. The van der Waals surface area contributed by atoms with Crippen molar-refractivity contribution in [3.8, 4) is 0 Å². The Morgan fingerprint density at radius 3 is 1.45 bits per heavy atom. The average molecular weight is 179 g/mol. The van der Waals surface area contributed by atoms with Crippen LogP contribution in [0.2, 0.25) is 0 Å².